The number of ether oxygens (including phenoxy) is 4. The zero-order valence-corrected chi connectivity index (χ0v) is 48.2. The van der Waals surface area contributed by atoms with Crippen molar-refractivity contribution in [2.24, 2.45) is 0 Å². The minimum absolute atomic E-state index is 0.0304. The summed E-state index contributed by atoms with van der Waals surface area (Å²) in [5.41, 5.74) is 0.761. The Morgan fingerprint density at radius 3 is 0.819 bits per heavy atom. The average molecular weight is 1010 g/mol. The maximum atomic E-state index is 12.5. The molecule has 0 aliphatic heterocycles. The van der Waals surface area contributed by atoms with E-state index < -0.39 is 11.9 Å². The largest absolute Gasteiger partial charge is 0.490 e. The van der Waals surface area contributed by atoms with Crippen LogP contribution in [0.15, 0.2) is 12.1 Å². The maximum Gasteiger partial charge on any atom is 0.306 e. The first-order chi connectivity index (χ1) is 35.5. The molecule has 0 atom stereocenters. The highest BCUT2D eigenvalue weighted by Gasteiger charge is 2.18. The Kier molecular flexibility index (Phi) is 51.4. The summed E-state index contributed by atoms with van der Waals surface area (Å²) in [5, 5.41) is 9.10. The lowest BCUT2D eigenvalue weighted by atomic mass is 10.0. The van der Waals surface area contributed by atoms with Gasteiger partial charge in [-0.2, -0.15) is 0 Å². The predicted molar refractivity (Wildman–Crippen MR) is 308 cm³/mol. The molecule has 0 spiro atoms. The average Bonchev–Trinajstić information content (AvgIpc) is 3.38. The van der Waals surface area contributed by atoms with Crippen molar-refractivity contribution in [3.8, 4) is 17.2 Å². The number of carboxylic acids is 1. The molecular weight excluding hydrogens is 893 g/mol. The molecule has 1 aromatic carbocycles. The smallest absolute Gasteiger partial charge is 0.306 e. The van der Waals surface area contributed by atoms with Crippen LogP contribution in [0.25, 0.3) is 0 Å². The first kappa shape index (κ1) is 67.6. The Labute approximate surface area is 447 Å². The summed E-state index contributed by atoms with van der Waals surface area (Å²) in [4.78, 5) is 23.6. The summed E-state index contributed by atoms with van der Waals surface area (Å²) in [7, 11) is 0. The molecular formula is C65H120O7. The molecule has 0 bridgehead atoms. The number of aliphatic carboxylic acids is 1. The molecule has 7 heteroatoms. The highest BCUT2D eigenvalue weighted by Crippen LogP contribution is 2.40. The molecule has 0 unspecified atom stereocenters. The highest BCUT2D eigenvalue weighted by atomic mass is 16.5. The molecule has 0 saturated heterocycles. The Morgan fingerprint density at radius 2 is 0.569 bits per heavy atom. The van der Waals surface area contributed by atoms with Crippen molar-refractivity contribution in [3.63, 3.8) is 0 Å². The quantitative estimate of drug-likeness (QED) is 0.0513. The highest BCUT2D eigenvalue weighted by molar-refractivity contribution is 5.76. The number of carbonyl (C=O) groups excluding carboxylic acids is 1. The molecule has 0 fully saturated rings. The van der Waals surface area contributed by atoms with E-state index >= 15 is 0 Å². The van der Waals surface area contributed by atoms with Crippen LogP contribution in [0.4, 0.5) is 0 Å². The second-order valence-corrected chi connectivity index (χ2v) is 21.9. The van der Waals surface area contributed by atoms with Gasteiger partial charge in [-0.3, -0.25) is 9.59 Å². The Morgan fingerprint density at radius 1 is 0.333 bits per heavy atom. The van der Waals surface area contributed by atoms with Crippen LogP contribution in [0.2, 0.25) is 0 Å². The van der Waals surface area contributed by atoms with Gasteiger partial charge in [-0.25, -0.2) is 0 Å². The second kappa shape index (κ2) is 54.8. The predicted octanol–water partition coefficient (Wildman–Crippen LogP) is 21.5. The summed E-state index contributed by atoms with van der Waals surface area (Å²) in [6, 6.07) is 3.86. The first-order valence-corrected chi connectivity index (χ1v) is 31.9. The zero-order valence-electron chi connectivity index (χ0n) is 48.2. The number of carboxylic acid groups (broad SMARTS) is 1. The molecule has 0 heterocycles. The van der Waals surface area contributed by atoms with Gasteiger partial charge in [-0.1, -0.05) is 310 Å². The molecule has 0 aromatic heterocycles. The van der Waals surface area contributed by atoms with Crippen molar-refractivity contribution in [3.05, 3.63) is 17.7 Å². The van der Waals surface area contributed by atoms with Gasteiger partial charge < -0.3 is 24.1 Å². The molecule has 0 saturated carbocycles. The van der Waals surface area contributed by atoms with Crippen LogP contribution < -0.4 is 14.2 Å². The lowest BCUT2D eigenvalue weighted by Gasteiger charge is -2.19. The third kappa shape index (κ3) is 46.1. The fourth-order valence-corrected chi connectivity index (χ4v) is 10.0. The summed E-state index contributed by atoms with van der Waals surface area (Å²) in [6.07, 6.45) is 63.4. The number of hydrogen-bond acceptors (Lipinski definition) is 6. The topological polar surface area (TPSA) is 91.3 Å². The molecule has 1 aromatic rings. The molecule has 0 aliphatic carbocycles. The van der Waals surface area contributed by atoms with Crippen molar-refractivity contribution >= 4 is 11.9 Å². The second-order valence-electron chi connectivity index (χ2n) is 21.9. The Hall–Kier alpha value is -2.44. The van der Waals surface area contributed by atoms with E-state index in [9.17, 15) is 9.59 Å². The fraction of sp³-hybridized carbons (Fsp3) is 0.877. The molecule has 7 nitrogen and oxygen atoms in total. The van der Waals surface area contributed by atoms with Crippen molar-refractivity contribution in [1.82, 2.24) is 0 Å². The minimum Gasteiger partial charge on any atom is -0.490 e. The molecule has 72 heavy (non-hydrogen) atoms. The van der Waals surface area contributed by atoms with Gasteiger partial charge in [-0.05, 0) is 37.0 Å². The summed E-state index contributed by atoms with van der Waals surface area (Å²) in [6.45, 7) is 8.69. The van der Waals surface area contributed by atoms with E-state index in [1.165, 1.54) is 270 Å². The van der Waals surface area contributed by atoms with E-state index in [-0.39, 0.29) is 19.4 Å². The number of benzene rings is 1. The van der Waals surface area contributed by atoms with Gasteiger partial charge in [0.2, 0.25) is 5.75 Å². The van der Waals surface area contributed by atoms with Gasteiger partial charge in [0.1, 0.15) is 6.61 Å². The van der Waals surface area contributed by atoms with Crippen LogP contribution in [-0.4, -0.2) is 36.9 Å². The third-order valence-electron chi connectivity index (χ3n) is 14.8. The van der Waals surface area contributed by atoms with Crippen LogP contribution in [-0.2, 0) is 20.9 Å². The number of carbonyl (C=O) groups is 2. The van der Waals surface area contributed by atoms with E-state index in [1.54, 1.807) is 0 Å². The van der Waals surface area contributed by atoms with Crippen LogP contribution in [0, 0.1) is 0 Å². The lowest BCUT2D eigenvalue weighted by Crippen LogP contribution is -2.09. The zero-order chi connectivity index (χ0) is 51.9. The van der Waals surface area contributed by atoms with Gasteiger partial charge >= 0.3 is 11.9 Å². The van der Waals surface area contributed by atoms with Crippen molar-refractivity contribution < 1.29 is 33.6 Å². The molecule has 0 aliphatic rings. The SMILES string of the molecule is CCCCCCCCCCCCCCCCCCOc1cc(COC(=O)CCC(=O)O)cc(OCCCCCCCCCCCCCCCCCC)c1OCCCCCCCCCCCCCCCCCC. The summed E-state index contributed by atoms with van der Waals surface area (Å²) >= 11 is 0. The molecule has 0 radical (unpaired) electrons. The number of hydrogen-bond donors (Lipinski definition) is 1. The Balaban J connectivity index is 2.68. The van der Waals surface area contributed by atoms with Crippen molar-refractivity contribution in [1.29, 1.82) is 0 Å². The van der Waals surface area contributed by atoms with Gasteiger partial charge in [-0.15, -0.1) is 0 Å². The molecule has 422 valence electrons. The minimum atomic E-state index is -1.01. The van der Waals surface area contributed by atoms with Gasteiger partial charge in [0.05, 0.1) is 32.7 Å². The van der Waals surface area contributed by atoms with Crippen molar-refractivity contribution in [2.45, 2.75) is 348 Å². The monoisotopic (exact) mass is 1010 g/mol. The van der Waals surface area contributed by atoms with Gasteiger partial charge in [0, 0.05) is 0 Å². The normalized spacial score (nSPS) is 11.4. The van der Waals surface area contributed by atoms with Crippen LogP contribution in [0.3, 0.4) is 0 Å². The van der Waals surface area contributed by atoms with Gasteiger partial charge in [0.25, 0.3) is 0 Å². The summed E-state index contributed by atoms with van der Waals surface area (Å²) < 4.78 is 25.2. The van der Waals surface area contributed by atoms with Crippen LogP contribution in [0.5, 0.6) is 17.2 Å². The van der Waals surface area contributed by atoms with Crippen LogP contribution >= 0.6 is 0 Å². The third-order valence-corrected chi connectivity index (χ3v) is 14.8. The van der Waals surface area contributed by atoms with Crippen molar-refractivity contribution in [2.75, 3.05) is 19.8 Å². The van der Waals surface area contributed by atoms with E-state index in [2.05, 4.69) is 20.8 Å². The standard InChI is InChI=1S/C65H120O7/c1-4-7-10-13-16-19-22-25-28-31-34-37-40-43-46-49-54-69-61-57-60(59-72-64(68)53-52-63(66)67)58-62(70-55-50-47-44-41-38-35-32-29-26-23-20-17-14-11-8-5-2)65(61)71-56-51-48-45-42-39-36-33-30-27-24-21-18-15-12-9-6-3/h57-58H,4-56,59H2,1-3H3,(H,66,67). The molecule has 1 rings (SSSR count). The molecule has 0 amide bonds. The lowest BCUT2D eigenvalue weighted by molar-refractivity contribution is -0.148. The van der Waals surface area contributed by atoms with E-state index in [0.717, 1.165) is 44.1 Å². The van der Waals surface area contributed by atoms with E-state index in [1.807, 2.05) is 12.1 Å². The van der Waals surface area contributed by atoms with E-state index in [4.69, 9.17) is 24.1 Å². The van der Waals surface area contributed by atoms with E-state index in [0.29, 0.717) is 37.1 Å². The molecule has 1 N–H and O–H groups in total. The maximum absolute atomic E-state index is 12.5. The first-order valence-electron chi connectivity index (χ1n) is 31.9. The number of rotatable bonds is 59. The number of esters is 1. The number of unbranched alkanes of at least 4 members (excludes halogenated alkanes) is 45. The fourth-order valence-electron chi connectivity index (χ4n) is 10.0. The van der Waals surface area contributed by atoms with Crippen LogP contribution in [0.1, 0.15) is 347 Å². The summed E-state index contributed by atoms with van der Waals surface area (Å²) in [5.74, 6) is 0.423. The Bertz CT molecular complexity index is 1240. The van der Waals surface area contributed by atoms with Gasteiger partial charge in [0.15, 0.2) is 11.5 Å².